The molecule has 0 spiro atoms. The highest BCUT2D eigenvalue weighted by Gasteiger charge is 2.15. The minimum atomic E-state index is -0.601. The number of nitro benzene ring substituents is 1. The van der Waals surface area contributed by atoms with E-state index in [1.54, 1.807) is 0 Å². The van der Waals surface area contributed by atoms with Gasteiger partial charge < -0.3 is 20.5 Å². The summed E-state index contributed by atoms with van der Waals surface area (Å²) in [6, 6.07) is 3.82. The van der Waals surface area contributed by atoms with E-state index in [0.29, 0.717) is 6.61 Å². The lowest BCUT2D eigenvalue weighted by Crippen LogP contribution is -2.35. The molecule has 1 atom stereocenters. The molecular weight excluding hydrogens is 266 g/mol. The van der Waals surface area contributed by atoms with Crippen molar-refractivity contribution < 1.29 is 19.2 Å². The van der Waals surface area contributed by atoms with Crippen LogP contribution in [0.25, 0.3) is 0 Å². The summed E-state index contributed by atoms with van der Waals surface area (Å²) in [6.07, 6.45) is -0.264. The molecule has 1 rings (SSSR count). The van der Waals surface area contributed by atoms with Gasteiger partial charge in [-0.1, -0.05) is 0 Å². The molecule has 0 radical (unpaired) electrons. The SMILES string of the molecule is COCC(CNC(=O)c1ccc([N+](=O)[O-])c(N)c1)OC. The van der Waals surface area contributed by atoms with Gasteiger partial charge in [0.1, 0.15) is 5.69 Å². The zero-order valence-electron chi connectivity index (χ0n) is 11.3. The van der Waals surface area contributed by atoms with Gasteiger partial charge in [0.15, 0.2) is 0 Å². The number of nitro groups is 1. The molecule has 0 aliphatic rings. The number of nitrogen functional groups attached to an aromatic ring is 1. The average molecular weight is 283 g/mol. The normalized spacial score (nSPS) is 11.9. The van der Waals surface area contributed by atoms with Gasteiger partial charge in [-0.05, 0) is 12.1 Å². The van der Waals surface area contributed by atoms with Crippen molar-refractivity contribution in [3.8, 4) is 0 Å². The van der Waals surface area contributed by atoms with Crippen molar-refractivity contribution in [2.45, 2.75) is 6.10 Å². The van der Waals surface area contributed by atoms with Gasteiger partial charge in [0, 0.05) is 32.4 Å². The van der Waals surface area contributed by atoms with Crippen molar-refractivity contribution in [3.05, 3.63) is 33.9 Å². The van der Waals surface area contributed by atoms with Crippen LogP contribution in [0, 0.1) is 10.1 Å². The summed E-state index contributed by atoms with van der Waals surface area (Å²) < 4.78 is 10.0. The maximum absolute atomic E-state index is 11.9. The fourth-order valence-electron chi connectivity index (χ4n) is 1.57. The predicted molar refractivity (Wildman–Crippen MR) is 72.5 cm³/mol. The first kappa shape index (κ1) is 15.9. The van der Waals surface area contributed by atoms with Crippen molar-refractivity contribution in [3.63, 3.8) is 0 Å². The van der Waals surface area contributed by atoms with Crippen LogP contribution in [0.15, 0.2) is 18.2 Å². The van der Waals surface area contributed by atoms with Gasteiger partial charge in [0.25, 0.3) is 11.6 Å². The predicted octanol–water partition coefficient (Wildman–Crippen LogP) is 0.568. The Balaban J connectivity index is 2.68. The maximum Gasteiger partial charge on any atom is 0.292 e. The molecule has 8 heteroatoms. The number of hydrogen-bond donors (Lipinski definition) is 2. The van der Waals surface area contributed by atoms with E-state index in [1.807, 2.05) is 0 Å². The van der Waals surface area contributed by atoms with E-state index in [-0.39, 0.29) is 35.5 Å². The molecule has 20 heavy (non-hydrogen) atoms. The number of rotatable bonds is 7. The summed E-state index contributed by atoms with van der Waals surface area (Å²) in [5, 5.41) is 13.3. The van der Waals surface area contributed by atoms with Crippen LogP contribution in [0.4, 0.5) is 11.4 Å². The van der Waals surface area contributed by atoms with E-state index in [2.05, 4.69) is 5.32 Å². The van der Waals surface area contributed by atoms with Crippen molar-refractivity contribution in [1.29, 1.82) is 0 Å². The standard InChI is InChI=1S/C12H17N3O5/c1-19-7-9(20-2)6-14-12(16)8-3-4-11(15(17)18)10(13)5-8/h3-5,9H,6-7,13H2,1-2H3,(H,14,16). The largest absolute Gasteiger partial charge is 0.393 e. The number of amides is 1. The van der Waals surface area contributed by atoms with Crippen molar-refractivity contribution in [2.75, 3.05) is 33.1 Å². The first-order valence-electron chi connectivity index (χ1n) is 5.83. The van der Waals surface area contributed by atoms with Crippen LogP contribution in [0.1, 0.15) is 10.4 Å². The number of anilines is 1. The quantitative estimate of drug-likeness (QED) is 0.429. The Morgan fingerprint density at radius 3 is 2.70 bits per heavy atom. The van der Waals surface area contributed by atoms with Crippen LogP contribution in [0.3, 0.4) is 0 Å². The highest BCUT2D eigenvalue weighted by molar-refractivity contribution is 5.95. The van der Waals surface area contributed by atoms with E-state index in [9.17, 15) is 14.9 Å². The van der Waals surface area contributed by atoms with E-state index >= 15 is 0 Å². The number of hydrogen-bond acceptors (Lipinski definition) is 6. The summed E-state index contributed by atoms with van der Waals surface area (Å²) >= 11 is 0. The second kappa shape index (κ2) is 7.41. The van der Waals surface area contributed by atoms with Gasteiger partial charge in [0.05, 0.1) is 17.6 Å². The lowest BCUT2D eigenvalue weighted by Gasteiger charge is -2.15. The van der Waals surface area contributed by atoms with Gasteiger partial charge in [-0.2, -0.15) is 0 Å². The lowest BCUT2D eigenvalue weighted by atomic mass is 10.1. The summed E-state index contributed by atoms with van der Waals surface area (Å²) in [7, 11) is 3.05. The molecule has 0 heterocycles. The summed E-state index contributed by atoms with van der Waals surface area (Å²) in [5.41, 5.74) is 5.49. The Hall–Kier alpha value is -2.19. The molecule has 0 bridgehead atoms. The molecule has 1 unspecified atom stereocenters. The van der Waals surface area contributed by atoms with Crippen molar-refractivity contribution in [1.82, 2.24) is 5.32 Å². The van der Waals surface area contributed by atoms with Gasteiger partial charge in [-0.3, -0.25) is 14.9 Å². The molecule has 0 aliphatic carbocycles. The van der Waals surface area contributed by atoms with Crippen LogP contribution in [0.5, 0.6) is 0 Å². The van der Waals surface area contributed by atoms with Crippen LogP contribution in [-0.4, -0.2) is 44.3 Å². The number of nitrogens with two attached hydrogens (primary N) is 1. The maximum atomic E-state index is 11.9. The Labute approximate surface area is 116 Å². The second-order valence-electron chi connectivity index (χ2n) is 4.05. The summed E-state index contributed by atoms with van der Waals surface area (Å²) in [4.78, 5) is 21.9. The highest BCUT2D eigenvalue weighted by Crippen LogP contribution is 2.21. The van der Waals surface area contributed by atoms with Crippen molar-refractivity contribution in [2.24, 2.45) is 0 Å². The third kappa shape index (κ3) is 4.18. The highest BCUT2D eigenvalue weighted by atomic mass is 16.6. The Kier molecular flexibility index (Phi) is 5.88. The zero-order chi connectivity index (χ0) is 15.1. The smallest absolute Gasteiger partial charge is 0.292 e. The molecule has 0 aliphatic heterocycles. The lowest BCUT2D eigenvalue weighted by molar-refractivity contribution is -0.383. The molecule has 0 aromatic heterocycles. The molecule has 0 saturated carbocycles. The molecule has 110 valence electrons. The molecule has 8 nitrogen and oxygen atoms in total. The minimum absolute atomic E-state index is 0.0529. The molecule has 1 amide bonds. The fourth-order valence-corrected chi connectivity index (χ4v) is 1.57. The first-order chi connectivity index (χ1) is 9.49. The topological polar surface area (TPSA) is 117 Å². The monoisotopic (exact) mass is 283 g/mol. The first-order valence-corrected chi connectivity index (χ1v) is 5.83. The number of nitrogens with one attached hydrogen (secondary N) is 1. The zero-order valence-corrected chi connectivity index (χ0v) is 11.3. The summed E-state index contributed by atoms with van der Waals surface area (Å²) in [6.45, 7) is 0.610. The molecule has 0 saturated heterocycles. The van der Waals surface area contributed by atoms with Gasteiger partial charge in [0.2, 0.25) is 0 Å². The molecule has 3 N–H and O–H groups in total. The number of carbonyl (C=O) groups excluding carboxylic acids is 1. The van der Waals surface area contributed by atoms with E-state index in [1.165, 1.54) is 32.4 Å². The number of nitrogens with zero attached hydrogens (tertiary/aromatic N) is 1. The average Bonchev–Trinajstić information content (AvgIpc) is 2.42. The Bertz CT molecular complexity index is 492. The van der Waals surface area contributed by atoms with Crippen LogP contribution in [-0.2, 0) is 9.47 Å². The Morgan fingerprint density at radius 2 is 2.20 bits per heavy atom. The third-order valence-corrected chi connectivity index (χ3v) is 2.66. The second-order valence-corrected chi connectivity index (χ2v) is 4.05. The van der Waals surface area contributed by atoms with Gasteiger partial charge in [-0.25, -0.2) is 0 Å². The number of ether oxygens (including phenoxy) is 2. The van der Waals surface area contributed by atoms with Crippen LogP contribution >= 0.6 is 0 Å². The number of carbonyl (C=O) groups is 1. The molecular formula is C12H17N3O5. The Morgan fingerprint density at radius 1 is 1.50 bits per heavy atom. The van der Waals surface area contributed by atoms with Crippen LogP contribution < -0.4 is 11.1 Å². The van der Waals surface area contributed by atoms with Crippen LogP contribution in [0.2, 0.25) is 0 Å². The van der Waals surface area contributed by atoms with Gasteiger partial charge in [-0.15, -0.1) is 0 Å². The number of methoxy groups -OCH3 is 2. The van der Waals surface area contributed by atoms with Gasteiger partial charge >= 0.3 is 0 Å². The van der Waals surface area contributed by atoms with E-state index in [4.69, 9.17) is 15.2 Å². The molecule has 1 aromatic carbocycles. The van der Waals surface area contributed by atoms with E-state index < -0.39 is 4.92 Å². The molecule has 1 aromatic rings. The summed E-state index contributed by atoms with van der Waals surface area (Å²) in [5.74, 6) is -0.384. The number of benzene rings is 1. The van der Waals surface area contributed by atoms with Crippen molar-refractivity contribution >= 4 is 17.3 Å². The molecule has 0 fully saturated rings. The fraction of sp³-hybridized carbons (Fsp3) is 0.417. The van der Waals surface area contributed by atoms with E-state index in [0.717, 1.165) is 0 Å². The minimum Gasteiger partial charge on any atom is -0.393 e. The third-order valence-electron chi connectivity index (χ3n) is 2.66.